The molecule has 0 aliphatic rings. The number of benzene rings is 1. The summed E-state index contributed by atoms with van der Waals surface area (Å²) in [5.41, 5.74) is 0.992. The zero-order chi connectivity index (χ0) is 14.7. The van der Waals surface area contributed by atoms with E-state index in [2.05, 4.69) is 3.63 Å². The minimum Gasteiger partial charge on any atom is -0.299 e. The molecule has 1 N–H and O–H groups in total. The Hall–Kier alpha value is -0.850. The predicted octanol–water partition coefficient (Wildman–Crippen LogP) is 2.74. The third-order valence-electron chi connectivity index (χ3n) is 2.53. The van der Waals surface area contributed by atoms with Gasteiger partial charge in [-0.25, -0.2) is 0 Å². The Morgan fingerprint density at radius 1 is 1.16 bits per heavy atom. The molecule has 0 radical (unpaired) electrons. The first kappa shape index (κ1) is 16.2. The van der Waals surface area contributed by atoms with Crippen LogP contribution >= 0.6 is 10.3 Å². The molecule has 1 aromatic rings. The van der Waals surface area contributed by atoms with Crippen molar-refractivity contribution in [1.29, 1.82) is 0 Å². The fraction of sp³-hybridized carbons (Fsp3) is 0.462. The average Bonchev–Trinajstić information content (AvgIpc) is 2.27. The van der Waals surface area contributed by atoms with Gasteiger partial charge in [-0.2, -0.15) is 0 Å². The molecule has 0 atom stereocenters. The maximum Gasteiger partial charge on any atom is 0.421 e. The standard InChI is InChI=1S/C13H20O4S2/c1-5-12(14)10-18(3,4)17-19(15,16)13-8-6-11(2)7-9-13/h6-9H,5,10H2,1-4H3/p+1. The van der Waals surface area contributed by atoms with Crippen molar-refractivity contribution in [2.45, 2.75) is 25.2 Å². The summed E-state index contributed by atoms with van der Waals surface area (Å²) in [5, 5.41) is 0. The van der Waals surface area contributed by atoms with Crippen LogP contribution in [0.2, 0.25) is 0 Å². The summed E-state index contributed by atoms with van der Waals surface area (Å²) < 4.78 is 28.3. The largest absolute Gasteiger partial charge is 0.421 e. The van der Waals surface area contributed by atoms with E-state index in [1.165, 1.54) is 0 Å². The van der Waals surface area contributed by atoms with Crippen LogP contribution in [0.4, 0.5) is 0 Å². The molecule has 0 aliphatic heterocycles. The molecule has 0 bridgehead atoms. The number of Topliss-reactive ketones (excluding diaryl/α,β-unsaturated/α-hetero) is 1. The van der Waals surface area contributed by atoms with E-state index in [1.807, 2.05) is 6.92 Å². The molecule has 0 saturated heterocycles. The SMILES string of the molecule is CCC(=O)CS(C)(C)[OH+]S(=O)(=O)c1ccc(C)cc1. The van der Waals surface area contributed by atoms with Gasteiger partial charge in [0.15, 0.2) is 0 Å². The minimum absolute atomic E-state index is 0.0443. The Bertz CT molecular complexity index is 545. The van der Waals surface area contributed by atoms with Gasteiger partial charge >= 0.3 is 10.1 Å². The van der Waals surface area contributed by atoms with Crippen LogP contribution in [0, 0.1) is 6.92 Å². The summed E-state index contributed by atoms with van der Waals surface area (Å²) >= 11 is 0. The topological polar surface area (TPSA) is 64.0 Å². The summed E-state index contributed by atoms with van der Waals surface area (Å²) in [6.07, 6.45) is 3.90. The molecular formula is C13H21O4S2+. The lowest BCUT2D eigenvalue weighted by molar-refractivity contribution is -0.116. The Balaban J connectivity index is 2.90. The highest BCUT2D eigenvalue weighted by Crippen LogP contribution is 2.41. The molecule has 0 fully saturated rings. The lowest BCUT2D eigenvalue weighted by Gasteiger charge is -2.24. The Kier molecular flexibility index (Phi) is 5.18. The van der Waals surface area contributed by atoms with Crippen LogP contribution in [0.25, 0.3) is 0 Å². The van der Waals surface area contributed by atoms with Crippen molar-refractivity contribution >= 4 is 26.2 Å². The minimum atomic E-state index is -3.68. The van der Waals surface area contributed by atoms with E-state index < -0.39 is 20.4 Å². The predicted molar refractivity (Wildman–Crippen MR) is 80.6 cm³/mol. The number of hydrogen-bond donors (Lipinski definition) is 0. The highest BCUT2D eigenvalue weighted by molar-refractivity contribution is 8.31. The van der Waals surface area contributed by atoms with Crippen LogP contribution in [0.3, 0.4) is 0 Å². The van der Waals surface area contributed by atoms with Gasteiger partial charge in [0, 0.05) is 18.9 Å². The van der Waals surface area contributed by atoms with Crippen molar-refractivity contribution in [3.05, 3.63) is 29.8 Å². The zero-order valence-corrected chi connectivity index (χ0v) is 13.3. The van der Waals surface area contributed by atoms with Crippen molar-refractivity contribution in [3.63, 3.8) is 0 Å². The van der Waals surface area contributed by atoms with Crippen molar-refractivity contribution in [1.82, 2.24) is 0 Å². The molecule has 0 spiro atoms. The maximum absolute atomic E-state index is 12.2. The van der Waals surface area contributed by atoms with Crippen LogP contribution in [-0.2, 0) is 14.9 Å². The highest BCUT2D eigenvalue weighted by Gasteiger charge is 2.31. The Labute approximate surface area is 116 Å². The lowest BCUT2D eigenvalue weighted by atomic mass is 10.2. The first-order valence-corrected chi connectivity index (χ1v) is 9.96. The van der Waals surface area contributed by atoms with Crippen LogP contribution in [-0.4, -0.2) is 36.1 Å². The van der Waals surface area contributed by atoms with E-state index in [0.717, 1.165) is 5.56 Å². The van der Waals surface area contributed by atoms with Crippen molar-refractivity contribution in [2.24, 2.45) is 0 Å². The second-order valence-electron chi connectivity index (χ2n) is 4.88. The Morgan fingerprint density at radius 3 is 2.16 bits per heavy atom. The van der Waals surface area contributed by atoms with Crippen LogP contribution < -0.4 is 0 Å². The first-order chi connectivity index (χ1) is 8.66. The van der Waals surface area contributed by atoms with E-state index >= 15 is 0 Å². The number of carbonyl (C=O) groups is 1. The maximum atomic E-state index is 12.2. The Morgan fingerprint density at radius 2 is 1.68 bits per heavy atom. The molecule has 108 valence electrons. The summed E-state index contributed by atoms with van der Waals surface area (Å²) in [6.45, 7) is 3.66. The molecule has 0 aliphatic carbocycles. The molecule has 6 heteroatoms. The summed E-state index contributed by atoms with van der Waals surface area (Å²) in [5.74, 6) is 0.261. The molecule has 0 amide bonds. The monoisotopic (exact) mass is 305 g/mol. The van der Waals surface area contributed by atoms with Gasteiger partial charge in [0.1, 0.15) is 10.7 Å². The van der Waals surface area contributed by atoms with E-state index in [9.17, 15) is 13.2 Å². The summed E-state index contributed by atoms with van der Waals surface area (Å²) in [7, 11) is -5.50. The highest BCUT2D eigenvalue weighted by atomic mass is 32.3. The summed E-state index contributed by atoms with van der Waals surface area (Å²) in [4.78, 5) is 11.6. The van der Waals surface area contributed by atoms with Crippen LogP contribution in [0.5, 0.6) is 0 Å². The third-order valence-corrected chi connectivity index (χ3v) is 6.82. The number of hydrogen-bond acceptors (Lipinski definition) is 3. The first-order valence-electron chi connectivity index (χ1n) is 5.95. The average molecular weight is 305 g/mol. The molecule has 1 rings (SSSR count). The fourth-order valence-electron chi connectivity index (χ4n) is 1.54. The molecule has 0 saturated carbocycles. The molecule has 0 unspecified atom stereocenters. The smallest absolute Gasteiger partial charge is 0.299 e. The molecule has 0 heterocycles. The number of aryl methyl sites for hydroxylation is 1. The molecule has 4 nitrogen and oxygen atoms in total. The van der Waals surface area contributed by atoms with Crippen molar-refractivity contribution in [3.8, 4) is 0 Å². The van der Waals surface area contributed by atoms with Gasteiger partial charge < -0.3 is 0 Å². The quantitative estimate of drug-likeness (QED) is 0.599. The lowest BCUT2D eigenvalue weighted by Crippen LogP contribution is -2.21. The summed E-state index contributed by atoms with van der Waals surface area (Å²) in [6, 6.07) is 6.57. The van der Waals surface area contributed by atoms with Crippen LogP contribution in [0.15, 0.2) is 29.2 Å². The van der Waals surface area contributed by atoms with Crippen molar-refractivity contribution in [2.75, 3.05) is 18.3 Å². The van der Waals surface area contributed by atoms with Gasteiger partial charge in [-0.15, -0.1) is 8.42 Å². The van der Waals surface area contributed by atoms with Gasteiger partial charge in [0.2, 0.25) is 0 Å². The van der Waals surface area contributed by atoms with Gasteiger partial charge in [-0.1, -0.05) is 24.6 Å². The van der Waals surface area contributed by atoms with Crippen LogP contribution in [0.1, 0.15) is 18.9 Å². The van der Waals surface area contributed by atoms with E-state index in [0.29, 0.717) is 6.42 Å². The van der Waals surface area contributed by atoms with E-state index in [1.54, 1.807) is 43.7 Å². The van der Waals surface area contributed by atoms with Gasteiger partial charge in [0.05, 0.1) is 5.75 Å². The molecule has 1 aromatic carbocycles. The molecular weight excluding hydrogens is 284 g/mol. The molecule has 0 aromatic heterocycles. The number of carbonyl (C=O) groups excluding carboxylic acids is 1. The second kappa shape index (κ2) is 6.07. The van der Waals surface area contributed by atoms with E-state index in [-0.39, 0.29) is 16.4 Å². The van der Waals surface area contributed by atoms with Gasteiger partial charge in [-0.3, -0.25) is 8.42 Å². The molecule has 19 heavy (non-hydrogen) atoms. The van der Waals surface area contributed by atoms with E-state index in [4.69, 9.17) is 0 Å². The normalized spacial score (nSPS) is 13.3. The number of rotatable bonds is 6. The van der Waals surface area contributed by atoms with Crippen molar-refractivity contribution < 1.29 is 16.8 Å². The number of ketones is 1. The second-order valence-corrected chi connectivity index (χ2v) is 10.1. The zero-order valence-electron chi connectivity index (χ0n) is 11.7. The van der Waals surface area contributed by atoms with Gasteiger partial charge in [0.25, 0.3) is 0 Å². The third kappa shape index (κ3) is 4.97. The van der Waals surface area contributed by atoms with Gasteiger partial charge in [-0.05, 0) is 29.4 Å². The fourth-order valence-corrected chi connectivity index (χ4v) is 5.69.